The minimum Gasteiger partial charge on any atom is -0.342 e. The second-order valence-electron chi connectivity index (χ2n) is 7.08. The molecule has 0 saturated carbocycles. The van der Waals surface area contributed by atoms with Crippen LogP contribution in [0.5, 0.6) is 0 Å². The predicted octanol–water partition coefficient (Wildman–Crippen LogP) is 2.88. The van der Waals surface area contributed by atoms with Crippen molar-refractivity contribution >= 4 is 17.2 Å². The molecule has 8 heteroatoms. The van der Waals surface area contributed by atoms with Gasteiger partial charge in [-0.3, -0.25) is 9.59 Å². The van der Waals surface area contributed by atoms with E-state index in [9.17, 15) is 9.59 Å². The summed E-state index contributed by atoms with van der Waals surface area (Å²) in [5.41, 5.74) is 0.565. The Morgan fingerprint density at radius 3 is 3.11 bits per heavy atom. The molecule has 4 heterocycles. The number of thiophene rings is 1. The molecule has 1 saturated heterocycles. The Kier molecular flexibility index (Phi) is 5.66. The van der Waals surface area contributed by atoms with Crippen molar-refractivity contribution in [1.82, 2.24) is 24.4 Å². The molecular formula is C20H23N5O2S. The molecule has 3 aromatic rings. The van der Waals surface area contributed by atoms with Crippen LogP contribution < -0.4 is 5.56 Å². The second kappa shape index (κ2) is 8.52. The molecule has 4 rings (SSSR count). The maximum absolute atomic E-state index is 12.6. The van der Waals surface area contributed by atoms with Crippen LogP contribution in [-0.2, 0) is 11.3 Å². The first-order valence-corrected chi connectivity index (χ1v) is 10.5. The summed E-state index contributed by atoms with van der Waals surface area (Å²) in [7, 11) is 0. The van der Waals surface area contributed by atoms with Crippen molar-refractivity contribution in [3.63, 3.8) is 0 Å². The van der Waals surface area contributed by atoms with E-state index in [1.54, 1.807) is 23.9 Å². The van der Waals surface area contributed by atoms with E-state index in [1.807, 2.05) is 33.2 Å². The average molecular weight is 398 g/mol. The largest absolute Gasteiger partial charge is 0.342 e. The number of aromatic nitrogens is 4. The molecule has 1 fully saturated rings. The van der Waals surface area contributed by atoms with Crippen molar-refractivity contribution in [2.45, 2.75) is 38.1 Å². The number of hydrogen-bond acceptors (Lipinski definition) is 5. The highest BCUT2D eigenvalue weighted by Crippen LogP contribution is 2.27. The molecule has 3 aromatic heterocycles. The molecule has 0 radical (unpaired) electrons. The fraction of sp³-hybridized carbons (Fsp3) is 0.400. The SMILES string of the molecule is O=C(CCCn1ccnc1)N1CCCC(c2nc(-c3cccs3)cc(=O)[nH]2)C1. The zero-order chi connectivity index (χ0) is 19.3. The van der Waals surface area contributed by atoms with E-state index < -0.39 is 0 Å². The van der Waals surface area contributed by atoms with Crippen molar-refractivity contribution in [1.29, 1.82) is 0 Å². The summed E-state index contributed by atoms with van der Waals surface area (Å²) in [6.07, 6.45) is 8.58. The number of aryl methyl sites for hydroxylation is 1. The highest BCUT2D eigenvalue weighted by atomic mass is 32.1. The van der Waals surface area contributed by atoms with Crippen LogP contribution in [0.1, 0.15) is 37.4 Å². The van der Waals surface area contributed by atoms with Crippen LogP contribution >= 0.6 is 11.3 Å². The van der Waals surface area contributed by atoms with E-state index in [-0.39, 0.29) is 17.4 Å². The van der Waals surface area contributed by atoms with E-state index in [4.69, 9.17) is 4.98 Å². The number of rotatable bonds is 6. The molecule has 0 aromatic carbocycles. The molecule has 1 aliphatic heterocycles. The molecule has 0 spiro atoms. The van der Waals surface area contributed by atoms with Crippen LogP contribution in [0.15, 0.2) is 47.1 Å². The third-order valence-electron chi connectivity index (χ3n) is 5.06. The van der Waals surface area contributed by atoms with Crippen LogP contribution in [0, 0.1) is 0 Å². The van der Waals surface area contributed by atoms with Gasteiger partial charge in [-0.1, -0.05) is 6.07 Å². The lowest BCUT2D eigenvalue weighted by molar-refractivity contribution is -0.132. The van der Waals surface area contributed by atoms with Gasteiger partial charge in [0.2, 0.25) is 5.91 Å². The van der Waals surface area contributed by atoms with E-state index in [0.717, 1.165) is 37.2 Å². The third-order valence-corrected chi connectivity index (χ3v) is 5.95. The summed E-state index contributed by atoms with van der Waals surface area (Å²) in [6, 6.07) is 5.46. The van der Waals surface area contributed by atoms with Crippen molar-refractivity contribution < 1.29 is 4.79 Å². The molecule has 0 bridgehead atoms. The number of aromatic amines is 1. The van der Waals surface area contributed by atoms with Crippen molar-refractivity contribution in [3.8, 4) is 10.6 Å². The number of hydrogen-bond donors (Lipinski definition) is 1. The van der Waals surface area contributed by atoms with Gasteiger partial charge in [0.25, 0.3) is 5.56 Å². The van der Waals surface area contributed by atoms with E-state index in [0.29, 0.717) is 24.5 Å². The Bertz CT molecular complexity index is 965. The predicted molar refractivity (Wildman–Crippen MR) is 108 cm³/mol. The number of nitrogens with zero attached hydrogens (tertiary/aromatic N) is 4. The fourth-order valence-electron chi connectivity index (χ4n) is 3.64. The van der Waals surface area contributed by atoms with E-state index in [1.165, 1.54) is 6.07 Å². The normalized spacial score (nSPS) is 17.0. The zero-order valence-corrected chi connectivity index (χ0v) is 16.4. The van der Waals surface area contributed by atoms with Crippen molar-refractivity contribution in [3.05, 3.63) is 58.5 Å². The van der Waals surface area contributed by atoms with Crippen molar-refractivity contribution in [2.24, 2.45) is 0 Å². The third kappa shape index (κ3) is 4.39. The van der Waals surface area contributed by atoms with Gasteiger partial charge in [0.1, 0.15) is 5.82 Å². The lowest BCUT2D eigenvalue weighted by Gasteiger charge is -2.32. The lowest BCUT2D eigenvalue weighted by atomic mass is 9.96. The maximum Gasteiger partial charge on any atom is 0.251 e. The summed E-state index contributed by atoms with van der Waals surface area (Å²) in [5, 5.41) is 1.97. The number of amides is 1. The number of piperidine rings is 1. The molecule has 1 unspecified atom stereocenters. The minimum atomic E-state index is -0.141. The van der Waals surface area contributed by atoms with Gasteiger partial charge >= 0.3 is 0 Å². The van der Waals surface area contributed by atoms with Gasteiger partial charge in [-0.15, -0.1) is 11.3 Å². The standard InChI is InChI=1S/C20H23N5O2S/c26-18-12-16(17-5-3-11-28-17)22-20(23-18)15-4-1-9-25(13-15)19(27)6-2-8-24-10-7-21-14-24/h3,5,7,10-12,14-15H,1-2,4,6,8-9,13H2,(H,22,23,26). The van der Waals surface area contributed by atoms with Gasteiger partial charge in [-0.05, 0) is 30.7 Å². The number of imidazole rings is 1. The highest BCUT2D eigenvalue weighted by Gasteiger charge is 2.26. The lowest BCUT2D eigenvalue weighted by Crippen LogP contribution is -2.39. The van der Waals surface area contributed by atoms with E-state index >= 15 is 0 Å². The number of nitrogens with one attached hydrogen (secondary N) is 1. The Balaban J connectivity index is 1.40. The number of H-pyrrole nitrogens is 1. The Morgan fingerprint density at radius 1 is 1.39 bits per heavy atom. The quantitative estimate of drug-likeness (QED) is 0.693. The van der Waals surface area contributed by atoms with Gasteiger partial charge in [-0.25, -0.2) is 9.97 Å². The van der Waals surface area contributed by atoms with Gasteiger partial charge in [-0.2, -0.15) is 0 Å². The van der Waals surface area contributed by atoms with E-state index in [2.05, 4.69) is 9.97 Å². The molecule has 0 aliphatic carbocycles. The van der Waals surface area contributed by atoms with Crippen LogP contribution in [-0.4, -0.2) is 43.4 Å². The molecule has 1 aliphatic rings. The maximum atomic E-state index is 12.6. The Morgan fingerprint density at radius 2 is 2.32 bits per heavy atom. The van der Waals surface area contributed by atoms with Crippen molar-refractivity contribution in [2.75, 3.05) is 13.1 Å². The number of carbonyl (C=O) groups excluding carboxylic acids is 1. The topological polar surface area (TPSA) is 83.9 Å². The summed E-state index contributed by atoms with van der Waals surface area (Å²) in [5.74, 6) is 0.923. The van der Waals surface area contributed by atoms with Gasteiger partial charge in [0, 0.05) is 50.4 Å². The first-order chi connectivity index (χ1) is 13.7. The first kappa shape index (κ1) is 18.6. The van der Waals surface area contributed by atoms with Crippen LogP contribution in [0.4, 0.5) is 0 Å². The van der Waals surface area contributed by atoms with Gasteiger partial charge in [0.05, 0.1) is 16.9 Å². The van der Waals surface area contributed by atoms with Crippen LogP contribution in [0.3, 0.4) is 0 Å². The molecule has 1 amide bonds. The summed E-state index contributed by atoms with van der Waals surface area (Å²) in [4.78, 5) is 39.3. The molecular weight excluding hydrogens is 374 g/mol. The number of carbonyl (C=O) groups is 1. The molecule has 146 valence electrons. The Labute approximate surface area is 167 Å². The molecule has 7 nitrogen and oxygen atoms in total. The molecule has 28 heavy (non-hydrogen) atoms. The summed E-state index contributed by atoms with van der Waals surface area (Å²) >= 11 is 1.57. The molecule has 1 N–H and O–H groups in total. The van der Waals surface area contributed by atoms with Gasteiger partial charge in [0.15, 0.2) is 0 Å². The minimum absolute atomic E-state index is 0.0685. The fourth-order valence-corrected chi connectivity index (χ4v) is 4.32. The zero-order valence-electron chi connectivity index (χ0n) is 15.6. The first-order valence-electron chi connectivity index (χ1n) is 9.58. The molecule has 1 atom stereocenters. The average Bonchev–Trinajstić information content (AvgIpc) is 3.42. The summed E-state index contributed by atoms with van der Waals surface area (Å²) in [6.45, 7) is 2.18. The van der Waals surface area contributed by atoms with Gasteiger partial charge < -0.3 is 14.5 Å². The number of likely N-dealkylation sites (tertiary alicyclic amines) is 1. The monoisotopic (exact) mass is 397 g/mol. The smallest absolute Gasteiger partial charge is 0.251 e. The summed E-state index contributed by atoms with van der Waals surface area (Å²) < 4.78 is 1.98. The van der Waals surface area contributed by atoms with Crippen LogP contribution in [0.25, 0.3) is 10.6 Å². The highest BCUT2D eigenvalue weighted by molar-refractivity contribution is 7.13. The Hall–Kier alpha value is -2.74. The van der Waals surface area contributed by atoms with Crippen LogP contribution in [0.2, 0.25) is 0 Å². The second-order valence-corrected chi connectivity index (χ2v) is 8.02.